The van der Waals surface area contributed by atoms with Gasteiger partial charge in [0.2, 0.25) is 0 Å². The maximum absolute atomic E-state index is 1.50. The van der Waals surface area contributed by atoms with Crippen LogP contribution in [-0.2, 0) is 17.4 Å². The Bertz CT molecular complexity index is 19.7. The molecule has 0 aromatic heterocycles. The number of hydrogen-bond acceptors (Lipinski definition) is 0. The van der Waals surface area contributed by atoms with Gasteiger partial charge in [0.1, 0.15) is 0 Å². The molecule has 0 atom stereocenters. The summed E-state index contributed by atoms with van der Waals surface area (Å²) in [6, 6.07) is 0. The molecular weight excluding hydrogens is 124 g/mol. The van der Waals surface area contributed by atoms with Gasteiger partial charge in [-0.25, -0.2) is 0 Å². The van der Waals surface area contributed by atoms with Gasteiger partial charge in [-0.1, -0.05) is 38.5 Å². The molecule has 0 saturated heterocycles. The average molecular weight is 136 g/mol. The fourth-order valence-corrected chi connectivity index (χ4v) is 1.06. The van der Waals surface area contributed by atoms with E-state index in [0.717, 1.165) is 0 Å². The third kappa shape index (κ3) is 3.14. The third-order valence-electron chi connectivity index (χ3n) is 1.50. The molecule has 1 heteroatoms. The van der Waals surface area contributed by atoms with Crippen molar-refractivity contribution in [1.29, 1.82) is 0 Å². The summed E-state index contributed by atoms with van der Waals surface area (Å²) in [5.41, 5.74) is 0. The quantitative estimate of drug-likeness (QED) is 0.479. The number of rotatable bonds is 0. The van der Waals surface area contributed by atoms with Crippen molar-refractivity contribution < 1.29 is 17.4 Å². The van der Waals surface area contributed by atoms with Crippen molar-refractivity contribution in [3.05, 3.63) is 0 Å². The molecule has 39 valence electrons. The predicted octanol–water partition coefficient (Wildman–Crippen LogP) is 2.34. The molecule has 0 spiro atoms. The van der Waals surface area contributed by atoms with Crippen LogP contribution in [-0.4, -0.2) is 0 Å². The zero-order chi connectivity index (χ0) is 4.24. The Balaban J connectivity index is 0.000000360. The van der Waals surface area contributed by atoms with Gasteiger partial charge in [-0.05, 0) is 0 Å². The fourth-order valence-electron chi connectivity index (χ4n) is 1.06. The van der Waals surface area contributed by atoms with E-state index in [1.807, 2.05) is 0 Å². The van der Waals surface area contributed by atoms with E-state index in [1.54, 1.807) is 0 Å². The van der Waals surface area contributed by atoms with Crippen LogP contribution in [0.25, 0.3) is 0 Å². The molecule has 0 bridgehead atoms. The van der Waals surface area contributed by atoms with Crippen molar-refractivity contribution in [2.45, 2.75) is 38.5 Å². The van der Waals surface area contributed by atoms with Gasteiger partial charge in [-0.3, -0.25) is 0 Å². The molecule has 0 heterocycles. The molecule has 0 aromatic rings. The van der Waals surface area contributed by atoms with Crippen LogP contribution in [0.2, 0.25) is 0 Å². The first-order valence-electron chi connectivity index (χ1n) is 3.00. The summed E-state index contributed by atoms with van der Waals surface area (Å²) >= 11 is 0. The van der Waals surface area contributed by atoms with Gasteiger partial charge < -0.3 is 0 Å². The second kappa shape index (κ2) is 4.69. The summed E-state index contributed by atoms with van der Waals surface area (Å²) in [4.78, 5) is 0. The second-order valence-electron chi connectivity index (χ2n) is 2.12. The first-order chi connectivity index (χ1) is 3.00. The van der Waals surface area contributed by atoms with Gasteiger partial charge in [0.05, 0.1) is 0 Å². The molecule has 0 unspecified atom stereocenters. The molecule has 7 heavy (non-hydrogen) atoms. The molecule has 0 aliphatic heterocycles. The van der Waals surface area contributed by atoms with Crippen LogP contribution in [0.1, 0.15) is 38.5 Å². The normalized spacial score (nSPS) is 20.6. The minimum absolute atomic E-state index is 0. The van der Waals surface area contributed by atoms with Crippen molar-refractivity contribution in [2.24, 2.45) is 0 Å². The maximum atomic E-state index is 1.50. The topological polar surface area (TPSA) is 0 Å². The molecular formula is C6H12Cr+3. The molecule has 1 aliphatic rings. The van der Waals surface area contributed by atoms with E-state index >= 15 is 0 Å². The van der Waals surface area contributed by atoms with Crippen LogP contribution >= 0.6 is 0 Å². The van der Waals surface area contributed by atoms with Crippen molar-refractivity contribution in [3.8, 4) is 0 Å². The molecule has 0 amide bonds. The van der Waals surface area contributed by atoms with Crippen molar-refractivity contribution in [3.63, 3.8) is 0 Å². The van der Waals surface area contributed by atoms with Crippen LogP contribution in [0.15, 0.2) is 0 Å². The smallest absolute Gasteiger partial charge is 0.0533 e. The molecule has 1 saturated carbocycles. The summed E-state index contributed by atoms with van der Waals surface area (Å²) in [6.07, 6.45) is 9.00. The summed E-state index contributed by atoms with van der Waals surface area (Å²) < 4.78 is 0. The molecule has 1 radical (unpaired) electrons. The summed E-state index contributed by atoms with van der Waals surface area (Å²) in [5.74, 6) is 0. The van der Waals surface area contributed by atoms with E-state index in [2.05, 4.69) is 0 Å². The van der Waals surface area contributed by atoms with Crippen LogP contribution in [0.5, 0.6) is 0 Å². The van der Waals surface area contributed by atoms with Gasteiger partial charge in [0, 0.05) is 0 Å². The van der Waals surface area contributed by atoms with E-state index in [9.17, 15) is 0 Å². The number of hydrogen-bond donors (Lipinski definition) is 0. The largest absolute Gasteiger partial charge is 3.00 e. The van der Waals surface area contributed by atoms with Crippen LogP contribution in [0.3, 0.4) is 0 Å². The minimum atomic E-state index is 0. The summed E-state index contributed by atoms with van der Waals surface area (Å²) in [7, 11) is 0. The van der Waals surface area contributed by atoms with Crippen LogP contribution < -0.4 is 0 Å². The molecule has 0 nitrogen and oxygen atoms in total. The summed E-state index contributed by atoms with van der Waals surface area (Å²) in [6.45, 7) is 0. The van der Waals surface area contributed by atoms with Gasteiger partial charge in [-0.2, -0.15) is 0 Å². The SMILES string of the molecule is C1CCCCC1.[Cr+3]. The molecule has 0 aromatic carbocycles. The van der Waals surface area contributed by atoms with Crippen LogP contribution in [0.4, 0.5) is 0 Å². The Morgan fingerprint density at radius 2 is 0.571 bits per heavy atom. The monoisotopic (exact) mass is 136 g/mol. The van der Waals surface area contributed by atoms with E-state index in [-0.39, 0.29) is 17.4 Å². The Morgan fingerprint density at radius 3 is 0.714 bits per heavy atom. The standard InChI is InChI=1S/C6H12.Cr/c1-2-4-6-5-3-1;/h1-6H2;/q;+3. The fraction of sp³-hybridized carbons (Fsp3) is 1.00. The first kappa shape index (κ1) is 7.53. The van der Waals surface area contributed by atoms with Crippen LogP contribution in [0, 0.1) is 0 Å². The van der Waals surface area contributed by atoms with Gasteiger partial charge >= 0.3 is 17.4 Å². The zero-order valence-corrected chi connectivity index (χ0v) is 5.93. The molecule has 1 fully saturated rings. The van der Waals surface area contributed by atoms with E-state index in [4.69, 9.17) is 0 Å². The molecule has 1 aliphatic carbocycles. The minimum Gasteiger partial charge on any atom is -0.0533 e. The van der Waals surface area contributed by atoms with Gasteiger partial charge in [0.25, 0.3) is 0 Å². The van der Waals surface area contributed by atoms with Crippen molar-refractivity contribution in [1.82, 2.24) is 0 Å². The Morgan fingerprint density at radius 1 is 0.429 bits per heavy atom. The maximum Gasteiger partial charge on any atom is 3.00 e. The third-order valence-corrected chi connectivity index (χ3v) is 1.50. The van der Waals surface area contributed by atoms with E-state index in [0.29, 0.717) is 0 Å². The van der Waals surface area contributed by atoms with Gasteiger partial charge in [0.15, 0.2) is 0 Å². The Kier molecular flexibility index (Phi) is 5.04. The summed E-state index contributed by atoms with van der Waals surface area (Å²) in [5, 5.41) is 0. The first-order valence-corrected chi connectivity index (χ1v) is 3.00. The van der Waals surface area contributed by atoms with Gasteiger partial charge in [-0.15, -0.1) is 0 Å². The second-order valence-corrected chi connectivity index (χ2v) is 2.12. The zero-order valence-electron chi connectivity index (χ0n) is 4.65. The Hall–Kier alpha value is 0.532. The molecule has 0 N–H and O–H groups in total. The Labute approximate surface area is 56.4 Å². The van der Waals surface area contributed by atoms with Crippen molar-refractivity contribution >= 4 is 0 Å². The predicted molar refractivity (Wildman–Crippen MR) is 27.7 cm³/mol. The van der Waals surface area contributed by atoms with E-state index in [1.165, 1.54) is 38.5 Å². The van der Waals surface area contributed by atoms with Crippen molar-refractivity contribution in [2.75, 3.05) is 0 Å². The molecule has 1 rings (SSSR count). The van der Waals surface area contributed by atoms with E-state index < -0.39 is 0 Å². The average Bonchev–Trinajstić information content (AvgIpc) is 1.72.